The van der Waals surface area contributed by atoms with E-state index in [1.54, 1.807) is 0 Å². The largest absolute Gasteiger partial charge is 0.396 e. The second-order valence-electron chi connectivity index (χ2n) is 4.04. The van der Waals surface area contributed by atoms with Crippen molar-refractivity contribution in [3.05, 3.63) is 33.3 Å². The maximum Gasteiger partial charge on any atom is 0.0885 e. The fraction of sp³-hybridized carbons (Fsp3) is 0.500. The highest BCUT2D eigenvalue weighted by Crippen LogP contribution is 2.37. The van der Waals surface area contributed by atoms with Gasteiger partial charge in [0.15, 0.2) is 0 Å². The molecule has 0 amide bonds. The van der Waals surface area contributed by atoms with Crippen molar-refractivity contribution in [3.8, 4) is 0 Å². The summed E-state index contributed by atoms with van der Waals surface area (Å²) in [7, 11) is 0. The fourth-order valence-electron chi connectivity index (χ4n) is 2.11. The van der Waals surface area contributed by atoms with Crippen LogP contribution in [0.4, 0.5) is 0 Å². The van der Waals surface area contributed by atoms with Gasteiger partial charge in [-0.2, -0.15) is 0 Å². The first-order valence-corrected chi connectivity index (χ1v) is 6.57. The summed E-state index contributed by atoms with van der Waals surface area (Å²) in [5.74, 6) is 0.186. The summed E-state index contributed by atoms with van der Waals surface area (Å²) in [6, 6.07) is 5.68. The van der Waals surface area contributed by atoms with Gasteiger partial charge in [0.1, 0.15) is 0 Å². The minimum atomic E-state index is -0.0228. The van der Waals surface area contributed by atoms with Gasteiger partial charge in [0.25, 0.3) is 0 Å². The molecule has 0 spiro atoms. The van der Waals surface area contributed by atoms with Crippen LogP contribution in [0.2, 0.25) is 5.02 Å². The van der Waals surface area contributed by atoms with Gasteiger partial charge in [0.05, 0.1) is 6.10 Å². The molecule has 0 aromatic heterocycles. The number of aliphatic hydroxyl groups is 1. The van der Waals surface area contributed by atoms with Crippen molar-refractivity contribution in [2.75, 3.05) is 13.2 Å². The van der Waals surface area contributed by atoms with E-state index in [1.807, 2.05) is 18.2 Å². The van der Waals surface area contributed by atoms with Crippen molar-refractivity contribution in [2.24, 2.45) is 5.92 Å². The lowest BCUT2D eigenvalue weighted by Crippen LogP contribution is -2.25. The van der Waals surface area contributed by atoms with Gasteiger partial charge in [0.2, 0.25) is 0 Å². The predicted molar refractivity (Wildman–Crippen MR) is 67.7 cm³/mol. The molecule has 0 bridgehead atoms. The summed E-state index contributed by atoms with van der Waals surface area (Å²) in [5.41, 5.74) is 1.07. The van der Waals surface area contributed by atoms with Crippen LogP contribution in [0.5, 0.6) is 0 Å². The third kappa shape index (κ3) is 2.59. The van der Waals surface area contributed by atoms with E-state index in [0.29, 0.717) is 5.02 Å². The first kappa shape index (κ1) is 12.4. The Morgan fingerprint density at radius 2 is 2.31 bits per heavy atom. The zero-order valence-corrected chi connectivity index (χ0v) is 11.2. The van der Waals surface area contributed by atoms with Gasteiger partial charge in [-0.15, -0.1) is 0 Å². The van der Waals surface area contributed by atoms with E-state index in [9.17, 15) is 5.11 Å². The summed E-state index contributed by atoms with van der Waals surface area (Å²) in [4.78, 5) is 0. The Labute approximate surface area is 109 Å². The van der Waals surface area contributed by atoms with E-state index in [1.165, 1.54) is 0 Å². The second kappa shape index (κ2) is 5.50. The molecular formula is C12H14BrClO2. The molecule has 4 heteroatoms. The molecule has 1 aliphatic rings. The number of halogens is 2. The molecule has 0 aliphatic carbocycles. The van der Waals surface area contributed by atoms with Crippen molar-refractivity contribution in [2.45, 2.75) is 18.9 Å². The Morgan fingerprint density at radius 3 is 3.00 bits per heavy atom. The predicted octanol–water partition coefficient (Wildman–Crippen LogP) is 3.56. The van der Waals surface area contributed by atoms with Gasteiger partial charge < -0.3 is 9.84 Å². The number of ether oxygens (including phenoxy) is 1. The molecule has 1 N–H and O–H groups in total. The molecule has 1 aromatic rings. The number of aliphatic hydroxyl groups excluding tert-OH is 1. The molecule has 2 unspecified atom stereocenters. The van der Waals surface area contributed by atoms with Crippen LogP contribution in [0.15, 0.2) is 22.7 Å². The van der Waals surface area contributed by atoms with Crippen molar-refractivity contribution >= 4 is 27.5 Å². The maximum atomic E-state index is 9.35. The van der Waals surface area contributed by atoms with Crippen molar-refractivity contribution in [3.63, 3.8) is 0 Å². The first-order valence-electron chi connectivity index (χ1n) is 5.40. The monoisotopic (exact) mass is 304 g/mol. The average Bonchev–Trinajstić information content (AvgIpc) is 2.29. The van der Waals surface area contributed by atoms with E-state index in [-0.39, 0.29) is 18.6 Å². The van der Waals surface area contributed by atoms with Crippen molar-refractivity contribution < 1.29 is 9.84 Å². The molecular weight excluding hydrogens is 291 g/mol. The van der Waals surface area contributed by atoms with E-state index in [2.05, 4.69) is 15.9 Å². The Hall–Kier alpha value is -0.0900. The molecule has 0 radical (unpaired) electrons. The topological polar surface area (TPSA) is 29.5 Å². The summed E-state index contributed by atoms with van der Waals surface area (Å²) in [6.45, 7) is 0.927. The van der Waals surface area contributed by atoms with Gasteiger partial charge in [0, 0.05) is 28.6 Å². The third-order valence-corrected chi connectivity index (χ3v) is 3.87. The van der Waals surface area contributed by atoms with Gasteiger partial charge in [-0.25, -0.2) is 0 Å². The van der Waals surface area contributed by atoms with E-state index >= 15 is 0 Å². The van der Waals surface area contributed by atoms with Gasteiger partial charge in [-0.1, -0.05) is 33.6 Å². The molecule has 2 nitrogen and oxygen atoms in total. The van der Waals surface area contributed by atoms with Crippen LogP contribution in [0, 0.1) is 5.92 Å². The minimum absolute atomic E-state index is 0.0228. The van der Waals surface area contributed by atoms with Crippen LogP contribution in [0.1, 0.15) is 24.5 Å². The lowest BCUT2D eigenvalue weighted by atomic mass is 9.90. The number of hydrogen-bond donors (Lipinski definition) is 1. The zero-order chi connectivity index (χ0) is 11.5. The van der Waals surface area contributed by atoms with Crippen LogP contribution in [-0.4, -0.2) is 18.3 Å². The van der Waals surface area contributed by atoms with E-state index in [4.69, 9.17) is 16.3 Å². The maximum absolute atomic E-state index is 9.35. The number of hydrogen-bond acceptors (Lipinski definition) is 2. The van der Waals surface area contributed by atoms with Crippen LogP contribution < -0.4 is 0 Å². The SMILES string of the molecule is OCC1CCCOC1c1ccc(Cl)cc1Br. The molecule has 88 valence electrons. The van der Waals surface area contributed by atoms with Crippen molar-refractivity contribution in [1.29, 1.82) is 0 Å². The molecule has 1 saturated heterocycles. The Morgan fingerprint density at radius 1 is 1.50 bits per heavy atom. The molecule has 1 aromatic carbocycles. The average molecular weight is 306 g/mol. The smallest absolute Gasteiger partial charge is 0.0885 e. The first-order chi connectivity index (χ1) is 7.72. The lowest BCUT2D eigenvalue weighted by Gasteiger charge is -2.31. The van der Waals surface area contributed by atoms with E-state index < -0.39 is 0 Å². The molecule has 2 rings (SSSR count). The highest BCUT2D eigenvalue weighted by atomic mass is 79.9. The quantitative estimate of drug-likeness (QED) is 0.905. The Kier molecular flexibility index (Phi) is 4.25. The molecule has 0 saturated carbocycles. The zero-order valence-electron chi connectivity index (χ0n) is 8.83. The summed E-state index contributed by atoms with van der Waals surface area (Å²) in [6.07, 6.45) is 2.01. The van der Waals surface area contributed by atoms with Gasteiger partial charge >= 0.3 is 0 Å². The normalized spacial score (nSPS) is 25.7. The van der Waals surface area contributed by atoms with Gasteiger partial charge in [-0.05, 0) is 30.5 Å². The summed E-state index contributed by atoms with van der Waals surface area (Å²) in [5, 5.41) is 10.0. The molecule has 2 atom stereocenters. The highest BCUT2D eigenvalue weighted by molar-refractivity contribution is 9.10. The van der Waals surface area contributed by atoms with Crippen LogP contribution in [-0.2, 0) is 4.74 Å². The molecule has 1 aliphatic heterocycles. The summed E-state index contributed by atoms with van der Waals surface area (Å²) >= 11 is 9.40. The van der Waals surface area contributed by atoms with E-state index in [0.717, 1.165) is 29.5 Å². The minimum Gasteiger partial charge on any atom is -0.396 e. The molecule has 16 heavy (non-hydrogen) atoms. The Bertz CT molecular complexity index is 370. The highest BCUT2D eigenvalue weighted by Gasteiger charge is 2.28. The molecule has 1 heterocycles. The van der Waals surface area contributed by atoms with Crippen molar-refractivity contribution in [1.82, 2.24) is 0 Å². The second-order valence-corrected chi connectivity index (χ2v) is 5.33. The third-order valence-electron chi connectivity index (χ3n) is 2.95. The van der Waals surface area contributed by atoms with Crippen LogP contribution in [0.3, 0.4) is 0 Å². The van der Waals surface area contributed by atoms with Crippen LogP contribution >= 0.6 is 27.5 Å². The Balaban J connectivity index is 2.27. The summed E-state index contributed by atoms with van der Waals surface area (Å²) < 4.78 is 6.70. The number of rotatable bonds is 2. The van der Waals surface area contributed by atoms with Crippen LogP contribution in [0.25, 0.3) is 0 Å². The standard InChI is InChI=1S/C12H14BrClO2/c13-11-6-9(14)3-4-10(11)12-8(7-15)2-1-5-16-12/h3-4,6,8,12,15H,1-2,5,7H2. The molecule has 1 fully saturated rings. The number of benzene rings is 1. The fourth-order valence-corrected chi connectivity index (χ4v) is 3.01. The lowest BCUT2D eigenvalue weighted by molar-refractivity contribution is -0.0460. The van der Waals surface area contributed by atoms with Gasteiger partial charge in [-0.3, -0.25) is 0 Å².